The Bertz CT molecular complexity index is 461. The van der Waals surface area contributed by atoms with E-state index in [0.717, 1.165) is 0 Å². The molecule has 110 valence electrons. The summed E-state index contributed by atoms with van der Waals surface area (Å²) in [5.74, 6) is -0.163. The zero-order valence-electron chi connectivity index (χ0n) is 12.0. The van der Waals surface area contributed by atoms with Crippen LogP contribution in [-0.2, 0) is 4.74 Å². The van der Waals surface area contributed by atoms with Crippen LogP contribution in [-0.4, -0.2) is 38.2 Å². The molecule has 0 atom stereocenters. The summed E-state index contributed by atoms with van der Waals surface area (Å²) in [6, 6.07) is 6.52. The molecule has 6 nitrogen and oxygen atoms in total. The maximum atomic E-state index is 11.8. The van der Waals surface area contributed by atoms with Gasteiger partial charge in [-0.15, -0.1) is 0 Å². The number of hydrogen-bond acceptors (Lipinski definition) is 3. The molecule has 0 radical (unpaired) electrons. The minimum atomic E-state index is -0.330. The van der Waals surface area contributed by atoms with Crippen molar-refractivity contribution in [1.82, 2.24) is 10.6 Å². The van der Waals surface area contributed by atoms with Gasteiger partial charge in [-0.05, 0) is 32.0 Å². The predicted molar refractivity (Wildman–Crippen MR) is 77.9 cm³/mol. The Morgan fingerprint density at radius 3 is 2.70 bits per heavy atom. The minimum Gasteiger partial charge on any atom is -0.383 e. The zero-order valence-corrected chi connectivity index (χ0v) is 12.0. The number of hydrogen-bond donors (Lipinski definition) is 3. The van der Waals surface area contributed by atoms with Gasteiger partial charge in [0.25, 0.3) is 5.91 Å². The van der Waals surface area contributed by atoms with E-state index >= 15 is 0 Å². The van der Waals surface area contributed by atoms with Gasteiger partial charge in [-0.3, -0.25) is 4.79 Å². The van der Waals surface area contributed by atoms with Crippen LogP contribution >= 0.6 is 0 Å². The van der Waals surface area contributed by atoms with Crippen LogP contribution in [0.3, 0.4) is 0 Å². The van der Waals surface area contributed by atoms with Crippen molar-refractivity contribution in [2.45, 2.75) is 19.9 Å². The van der Waals surface area contributed by atoms with Gasteiger partial charge in [0.05, 0.1) is 6.61 Å². The standard InChI is InChI=1S/C14H21N3O3/c1-10(2)16-13(18)11-5-4-6-12(9-11)17-14(19)15-7-8-20-3/h4-6,9-10H,7-8H2,1-3H3,(H,16,18)(H2,15,17,19). The van der Waals surface area contributed by atoms with E-state index in [9.17, 15) is 9.59 Å². The maximum absolute atomic E-state index is 11.8. The van der Waals surface area contributed by atoms with Crippen molar-refractivity contribution in [3.63, 3.8) is 0 Å². The van der Waals surface area contributed by atoms with Gasteiger partial charge in [0.15, 0.2) is 0 Å². The zero-order chi connectivity index (χ0) is 15.0. The fraction of sp³-hybridized carbons (Fsp3) is 0.429. The Morgan fingerprint density at radius 2 is 2.05 bits per heavy atom. The second kappa shape index (κ2) is 8.16. The van der Waals surface area contributed by atoms with Gasteiger partial charge in [-0.1, -0.05) is 6.07 Å². The topological polar surface area (TPSA) is 79.5 Å². The molecule has 0 aliphatic rings. The number of amides is 3. The Hall–Kier alpha value is -2.08. The van der Waals surface area contributed by atoms with Crippen LogP contribution in [0.2, 0.25) is 0 Å². The lowest BCUT2D eigenvalue weighted by Crippen LogP contribution is -2.32. The van der Waals surface area contributed by atoms with Gasteiger partial charge in [-0.2, -0.15) is 0 Å². The highest BCUT2D eigenvalue weighted by molar-refractivity contribution is 5.96. The first-order chi connectivity index (χ1) is 9.52. The first-order valence-electron chi connectivity index (χ1n) is 6.47. The molecule has 6 heteroatoms. The van der Waals surface area contributed by atoms with Gasteiger partial charge >= 0.3 is 6.03 Å². The van der Waals surface area contributed by atoms with E-state index in [-0.39, 0.29) is 18.0 Å². The van der Waals surface area contributed by atoms with Crippen LogP contribution < -0.4 is 16.0 Å². The molecule has 3 amide bonds. The molecule has 0 spiro atoms. The monoisotopic (exact) mass is 279 g/mol. The van der Waals surface area contributed by atoms with Crippen LogP contribution in [0.25, 0.3) is 0 Å². The van der Waals surface area contributed by atoms with Gasteiger partial charge in [0.2, 0.25) is 0 Å². The molecule has 0 fully saturated rings. The molecule has 0 bridgehead atoms. The average molecular weight is 279 g/mol. The number of carbonyl (C=O) groups excluding carboxylic acids is 2. The first kappa shape index (κ1) is 16.0. The van der Waals surface area contributed by atoms with Crippen molar-refractivity contribution in [3.05, 3.63) is 29.8 Å². The minimum absolute atomic E-state index is 0.0662. The number of urea groups is 1. The molecule has 1 rings (SSSR count). The molecular weight excluding hydrogens is 258 g/mol. The third-order valence-electron chi connectivity index (χ3n) is 2.39. The predicted octanol–water partition coefficient (Wildman–Crippen LogP) is 1.59. The molecule has 0 unspecified atom stereocenters. The highest BCUT2D eigenvalue weighted by Crippen LogP contribution is 2.10. The second-order valence-corrected chi connectivity index (χ2v) is 4.58. The second-order valence-electron chi connectivity index (χ2n) is 4.58. The first-order valence-corrected chi connectivity index (χ1v) is 6.47. The number of benzene rings is 1. The molecule has 0 heterocycles. The summed E-state index contributed by atoms with van der Waals surface area (Å²) in [6.45, 7) is 4.66. The van der Waals surface area contributed by atoms with Crippen LogP contribution in [0, 0.1) is 0 Å². The highest BCUT2D eigenvalue weighted by Gasteiger charge is 2.08. The third kappa shape index (κ3) is 5.71. The molecule has 3 N–H and O–H groups in total. The molecule has 1 aromatic carbocycles. The Kier molecular flexibility index (Phi) is 6.52. The smallest absolute Gasteiger partial charge is 0.319 e. The molecule has 0 aliphatic carbocycles. The number of carbonyl (C=O) groups is 2. The number of nitrogens with one attached hydrogen (secondary N) is 3. The lowest BCUT2D eigenvalue weighted by molar-refractivity contribution is 0.0943. The summed E-state index contributed by atoms with van der Waals surface area (Å²) in [5, 5.41) is 8.10. The number of ether oxygens (including phenoxy) is 1. The SMILES string of the molecule is COCCNC(=O)Nc1cccc(C(=O)NC(C)C)c1. The normalized spacial score (nSPS) is 10.2. The molecular formula is C14H21N3O3. The van der Waals surface area contributed by atoms with Crippen molar-refractivity contribution >= 4 is 17.6 Å². The Balaban J connectivity index is 2.59. The van der Waals surface area contributed by atoms with E-state index in [1.807, 2.05) is 13.8 Å². The summed E-state index contributed by atoms with van der Waals surface area (Å²) < 4.78 is 4.83. The fourth-order valence-corrected chi connectivity index (χ4v) is 1.53. The van der Waals surface area contributed by atoms with Gasteiger partial charge < -0.3 is 20.7 Å². The van der Waals surface area contributed by atoms with Crippen LogP contribution in [0.15, 0.2) is 24.3 Å². The van der Waals surface area contributed by atoms with Crippen LogP contribution in [0.4, 0.5) is 10.5 Å². The van der Waals surface area contributed by atoms with Gasteiger partial charge in [0, 0.05) is 30.9 Å². The summed E-state index contributed by atoms with van der Waals surface area (Å²) >= 11 is 0. The highest BCUT2D eigenvalue weighted by atomic mass is 16.5. The van der Waals surface area contributed by atoms with Crippen molar-refractivity contribution in [2.75, 3.05) is 25.6 Å². The number of methoxy groups -OCH3 is 1. The molecule has 20 heavy (non-hydrogen) atoms. The summed E-state index contributed by atoms with van der Waals surface area (Å²) in [7, 11) is 1.57. The third-order valence-corrected chi connectivity index (χ3v) is 2.39. The molecule has 0 aliphatic heterocycles. The quantitative estimate of drug-likeness (QED) is 0.692. The van der Waals surface area contributed by atoms with Crippen molar-refractivity contribution in [3.8, 4) is 0 Å². The van der Waals surface area contributed by atoms with E-state index in [1.165, 1.54) is 0 Å². The average Bonchev–Trinajstić information content (AvgIpc) is 2.38. The maximum Gasteiger partial charge on any atom is 0.319 e. The van der Waals surface area contributed by atoms with E-state index in [0.29, 0.717) is 24.4 Å². The van der Waals surface area contributed by atoms with E-state index in [4.69, 9.17) is 4.74 Å². The van der Waals surface area contributed by atoms with Gasteiger partial charge in [-0.25, -0.2) is 4.79 Å². The number of anilines is 1. The van der Waals surface area contributed by atoms with Crippen molar-refractivity contribution in [1.29, 1.82) is 0 Å². The summed E-state index contributed by atoms with van der Waals surface area (Å²) in [4.78, 5) is 23.4. The molecule has 0 aromatic heterocycles. The lowest BCUT2D eigenvalue weighted by Gasteiger charge is -2.10. The summed E-state index contributed by atoms with van der Waals surface area (Å²) in [5.41, 5.74) is 1.07. The Labute approximate surface area is 118 Å². The van der Waals surface area contributed by atoms with Crippen molar-refractivity contribution < 1.29 is 14.3 Å². The largest absolute Gasteiger partial charge is 0.383 e. The summed E-state index contributed by atoms with van der Waals surface area (Å²) in [6.07, 6.45) is 0. The van der Waals surface area contributed by atoms with Gasteiger partial charge in [0.1, 0.15) is 0 Å². The number of rotatable bonds is 6. The molecule has 0 saturated heterocycles. The van der Waals surface area contributed by atoms with E-state index in [2.05, 4.69) is 16.0 Å². The van der Waals surface area contributed by atoms with Crippen LogP contribution in [0.1, 0.15) is 24.2 Å². The molecule has 0 saturated carbocycles. The van der Waals surface area contributed by atoms with E-state index in [1.54, 1.807) is 31.4 Å². The lowest BCUT2D eigenvalue weighted by atomic mass is 10.2. The molecule has 1 aromatic rings. The van der Waals surface area contributed by atoms with Crippen molar-refractivity contribution in [2.24, 2.45) is 0 Å². The fourth-order valence-electron chi connectivity index (χ4n) is 1.53. The van der Waals surface area contributed by atoms with Crippen LogP contribution in [0.5, 0.6) is 0 Å². The Morgan fingerprint density at radius 1 is 1.30 bits per heavy atom. The van der Waals surface area contributed by atoms with E-state index < -0.39 is 0 Å².